The second-order valence-electron chi connectivity index (χ2n) is 5.30. The molecular weight excluding hydrogens is 260 g/mol. The van der Waals surface area contributed by atoms with Gasteiger partial charge in [-0.25, -0.2) is 0 Å². The van der Waals surface area contributed by atoms with Crippen LogP contribution in [0.15, 0.2) is 48.5 Å². The largest absolute Gasteiger partial charge is 0.381 e. The summed E-state index contributed by atoms with van der Waals surface area (Å²) in [4.78, 5) is 13.5. The van der Waals surface area contributed by atoms with E-state index < -0.39 is 0 Å². The van der Waals surface area contributed by atoms with E-state index >= 15 is 0 Å². The third kappa shape index (κ3) is 4.09. The van der Waals surface area contributed by atoms with Crippen molar-refractivity contribution in [2.75, 3.05) is 19.4 Å². The lowest BCUT2D eigenvalue weighted by Gasteiger charge is -2.12. The van der Waals surface area contributed by atoms with E-state index in [4.69, 9.17) is 0 Å². The Morgan fingerprint density at radius 3 is 2.33 bits per heavy atom. The Kier molecular flexibility index (Phi) is 4.99. The molecule has 110 valence electrons. The van der Waals surface area contributed by atoms with Crippen LogP contribution in [0.5, 0.6) is 0 Å². The Bertz CT molecular complexity index is 603. The smallest absolute Gasteiger partial charge is 0.253 e. The van der Waals surface area contributed by atoms with Gasteiger partial charge in [0.2, 0.25) is 0 Å². The second kappa shape index (κ2) is 6.93. The van der Waals surface area contributed by atoms with Gasteiger partial charge in [0.05, 0.1) is 0 Å². The first-order valence-corrected chi connectivity index (χ1v) is 7.23. The fraction of sp³-hybridized carbons (Fsp3) is 0.278. The number of carbonyl (C=O) groups excluding carboxylic acids is 1. The zero-order chi connectivity index (χ0) is 15.2. The van der Waals surface area contributed by atoms with Gasteiger partial charge in [0, 0.05) is 31.9 Å². The molecule has 0 heterocycles. The number of carbonyl (C=O) groups is 1. The third-order valence-electron chi connectivity index (χ3n) is 3.44. The first-order chi connectivity index (χ1) is 10.1. The molecule has 0 aliphatic carbocycles. The summed E-state index contributed by atoms with van der Waals surface area (Å²) in [6.07, 6.45) is 1.06. The molecule has 0 atom stereocenters. The molecule has 2 rings (SSSR count). The van der Waals surface area contributed by atoms with Gasteiger partial charge in [-0.1, -0.05) is 37.3 Å². The van der Waals surface area contributed by atoms with Crippen LogP contribution in [0, 0.1) is 0 Å². The van der Waals surface area contributed by atoms with Gasteiger partial charge in [0.25, 0.3) is 5.91 Å². The Morgan fingerprint density at radius 2 is 1.71 bits per heavy atom. The molecule has 3 heteroatoms. The van der Waals surface area contributed by atoms with Crippen molar-refractivity contribution < 1.29 is 4.79 Å². The molecule has 0 unspecified atom stereocenters. The Morgan fingerprint density at radius 1 is 1.05 bits per heavy atom. The fourth-order valence-electron chi connectivity index (χ4n) is 2.12. The Balaban J connectivity index is 2.02. The van der Waals surface area contributed by atoms with Crippen LogP contribution < -0.4 is 5.32 Å². The molecular formula is C18H22N2O. The number of aryl methyl sites for hydroxylation is 1. The van der Waals surface area contributed by atoms with Crippen molar-refractivity contribution >= 4 is 11.6 Å². The van der Waals surface area contributed by atoms with E-state index in [2.05, 4.69) is 36.5 Å². The summed E-state index contributed by atoms with van der Waals surface area (Å²) in [5.74, 6) is 0.0194. The van der Waals surface area contributed by atoms with E-state index in [-0.39, 0.29) is 5.91 Å². The third-order valence-corrected chi connectivity index (χ3v) is 3.44. The average Bonchev–Trinajstić information content (AvgIpc) is 2.53. The molecule has 0 radical (unpaired) electrons. The molecule has 0 saturated carbocycles. The van der Waals surface area contributed by atoms with E-state index in [1.807, 2.05) is 24.3 Å². The molecule has 0 aliphatic heterocycles. The molecule has 2 aromatic rings. The monoisotopic (exact) mass is 282 g/mol. The molecule has 0 aromatic heterocycles. The predicted molar refractivity (Wildman–Crippen MR) is 87.6 cm³/mol. The molecule has 1 N–H and O–H groups in total. The van der Waals surface area contributed by atoms with Gasteiger partial charge < -0.3 is 10.2 Å². The zero-order valence-corrected chi connectivity index (χ0v) is 12.9. The number of nitrogens with zero attached hydrogens (tertiary/aromatic N) is 1. The summed E-state index contributed by atoms with van der Waals surface area (Å²) in [6, 6.07) is 16.2. The van der Waals surface area contributed by atoms with Crippen molar-refractivity contribution in [3.8, 4) is 0 Å². The van der Waals surface area contributed by atoms with Gasteiger partial charge in [-0.2, -0.15) is 0 Å². The predicted octanol–water partition coefficient (Wildman–Crippen LogP) is 3.56. The van der Waals surface area contributed by atoms with Crippen molar-refractivity contribution in [1.29, 1.82) is 0 Å². The first-order valence-electron chi connectivity index (χ1n) is 7.23. The van der Waals surface area contributed by atoms with Crippen LogP contribution in [0.2, 0.25) is 0 Å². The molecule has 3 nitrogen and oxygen atoms in total. The Labute approximate surface area is 126 Å². The second-order valence-corrected chi connectivity index (χ2v) is 5.30. The summed E-state index contributed by atoms with van der Waals surface area (Å²) in [5.41, 5.74) is 4.24. The van der Waals surface area contributed by atoms with Crippen LogP contribution in [0.1, 0.15) is 28.4 Å². The Hall–Kier alpha value is -2.29. The highest BCUT2D eigenvalue weighted by Crippen LogP contribution is 2.14. The number of amides is 1. The molecule has 0 bridgehead atoms. The highest BCUT2D eigenvalue weighted by Gasteiger charge is 2.07. The maximum Gasteiger partial charge on any atom is 0.253 e. The number of rotatable bonds is 5. The molecule has 21 heavy (non-hydrogen) atoms. The fourth-order valence-corrected chi connectivity index (χ4v) is 2.12. The van der Waals surface area contributed by atoms with Gasteiger partial charge in [-0.3, -0.25) is 4.79 Å². The molecule has 0 spiro atoms. The van der Waals surface area contributed by atoms with Crippen LogP contribution >= 0.6 is 0 Å². The minimum absolute atomic E-state index is 0.0194. The van der Waals surface area contributed by atoms with Gasteiger partial charge in [0.1, 0.15) is 0 Å². The van der Waals surface area contributed by atoms with Crippen molar-refractivity contribution in [2.45, 2.75) is 19.9 Å². The minimum atomic E-state index is 0.0194. The maximum atomic E-state index is 11.9. The summed E-state index contributed by atoms with van der Waals surface area (Å²) in [7, 11) is 3.52. The van der Waals surface area contributed by atoms with Gasteiger partial charge in [-0.15, -0.1) is 0 Å². The zero-order valence-electron chi connectivity index (χ0n) is 12.9. The number of benzene rings is 2. The molecule has 0 aliphatic rings. The van der Waals surface area contributed by atoms with Crippen molar-refractivity contribution in [2.24, 2.45) is 0 Å². The van der Waals surface area contributed by atoms with Gasteiger partial charge in [-0.05, 0) is 35.7 Å². The van der Waals surface area contributed by atoms with E-state index in [0.29, 0.717) is 5.56 Å². The van der Waals surface area contributed by atoms with E-state index in [1.165, 1.54) is 11.1 Å². The van der Waals surface area contributed by atoms with Crippen molar-refractivity contribution in [1.82, 2.24) is 4.90 Å². The standard InChI is InChI=1S/C18H22N2O/c1-4-14-8-10-15(11-9-14)13-19-17-7-5-6-16(12-17)18(21)20(2)3/h5-12,19H,4,13H2,1-3H3. The normalized spacial score (nSPS) is 10.2. The summed E-state index contributed by atoms with van der Waals surface area (Å²) >= 11 is 0. The lowest BCUT2D eigenvalue weighted by atomic mass is 10.1. The summed E-state index contributed by atoms with van der Waals surface area (Å²) in [6.45, 7) is 2.91. The van der Waals surface area contributed by atoms with Crippen LogP contribution in [-0.2, 0) is 13.0 Å². The van der Waals surface area contributed by atoms with Crippen LogP contribution in [0.25, 0.3) is 0 Å². The van der Waals surface area contributed by atoms with Crippen LogP contribution in [0.3, 0.4) is 0 Å². The first kappa shape index (κ1) is 15.1. The number of nitrogens with one attached hydrogen (secondary N) is 1. The van der Waals surface area contributed by atoms with Gasteiger partial charge in [0.15, 0.2) is 0 Å². The highest BCUT2D eigenvalue weighted by molar-refractivity contribution is 5.94. The van der Waals surface area contributed by atoms with E-state index in [9.17, 15) is 4.79 Å². The molecule has 0 fully saturated rings. The maximum absolute atomic E-state index is 11.9. The van der Waals surface area contributed by atoms with Crippen molar-refractivity contribution in [3.05, 3.63) is 65.2 Å². The number of hydrogen-bond acceptors (Lipinski definition) is 2. The van der Waals surface area contributed by atoms with E-state index in [1.54, 1.807) is 19.0 Å². The summed E-state index contributed by atoms with van der Waals surface area (Å²) in [5, 5.41) is 3.36. The molecule has 0 saturated heterocycles. The van der Waals surface area contributed by atoms with Crippen LogP contribution in [-0.4, -0.2) is 24.9 Å². The quantitative estimate of drug-likeness (QED) is 0.909. The average molecular weight is 282 g/mol. The highest BCUT2D eigenvalue weighted by atomic mass is 16.2. The minimum Gasteiger partial charge on any atom is -0.381 e. The summed E-state index contributed by atoms with van der Waals surface area (Å²) < 4.78 is 0. The number of hydrogen-bond donors (Lipinski definition) is 1. The van der Waals surface area contributed by atoms with Crippen molar-refractivity contribution in [3.63, 3.8) is 0 Å². The SMILES string of the molecule is CCc1ccc(CNc2cccc(C(=O)N(C)C)c2)cc1. The molecule has 1 amide bonds. The van der Waals surface area contributed by atoms with Crippen LogP contribution in [0.4, 0.5) is 5.69 Å². The molecule has 2 aromatic carbocycles. The lowest BCUT2D eigenvalue weighted by Crippen LogP contribution is -2.21. The topological polar surface area (TPSA) is 32.3 Å². The van der Waals surface area contributed by atoms with E-state index in [0.717, 1.165) is 18.7 Å². The number of anilines is 1. The lowest BCUT2D eigenvalue weighted by molar-refractivity contribution is 0.0827. The van der Waals surface area contributed by atoms with Gasteiger partial charge >= 0.3 is 0 Å².